The van der Waals surface area contributed by atoms with E-state index in [-0.39, 0.29) is 41.3 Å². The van der Waals surface area contributed by atoms with E-state index in [1.54, 1.807) is 24.3 Å². The van der Waals surface area contributed by atoms with Crippen molar-refractivity contribution in [3.8, 4) is 5.75 Å². The van der Waals surface area contributed by atoms with Gasteiger partial charge in [-0.25, -0.2) is 21.6 Å². The summed E-state index contributed by atoms with van der Waals surface area (Å²) in [6.07, 6.45) is 1.18. The maximum Gasteiger partial charge on any atom is 0.243 e. The molecule has 3 aliphatic rings. The molecule has 3 aliphatic heterocycles. The second-order valence-electron chi connectivity index (χ2n) is 10.4. The van der Waals surface area contributed by atoms with Crippen LogP contribution < -0.4 is 20.1 Å². The van der Waals surface area contributed by atoms with Crippen LogP contribution in [0.5, 0.6) is 5.75 Å². The average Bonchev–Trinajstić information content (AvgIpc) is 3.52. The van der Waals surface area contributed by atoms with E-state index in [2.05, 4.69) is 15.4 Å². The summed E-state index contributed by atoms with van der Waals surface area (Å²) in [5, 5.41) is 16.4. The van der Waals surface area contributed by atoms with Crippen molar-refractivity contribution < 1.29 is 36.2 Å². The Labute approximate surface area is 234 Å². The van der Waals surface area contributed by atoms with Crippen molar-refractivity contribution in [2.24, 2.45) is 0 Å². The van der Waals surface area contributed by atoms with Crippen molar-refractivity contribution >= 4 is 31.6 Å². The summed E-state index contributed by atoms with van der Waals surface area (Å²) in [5.41, 5.74) is 0.930. The molecule has 2 fully saturated rings. The number of hydrogen-bond acceptors (Lipinski definition) is 9. The Hall–Kier alpha value is -2.59. The van der Waals surface area contributed by atoms with Crippen LogP contribution in [-0.4, -0.2) is 89.8 Å². The summed E-state index contributed by atoms with van der Waals surface area (Å²) in [6.45, 7) is 1.36. The molecule has 2 saturated heterocycles. The number of nitrogens with zero attached hydrogens (tertiary/aromatic N) is 1. The Kier molecular flexibility index (Phi) is 8.21. The molecule has 4 N–H and O–H groups in total. The van der Waals surface area contributed by atoms with Crippen LogP contribution >= 0.6 is 0 Å². The van der Waals surface area contributed by atoms with E-state index in [4.69, 9.17) is 9.47 Å². The number of anilines is 1. The van der Waals surface area contributed by atoms with Crippen LogP contribution in [0.1, 0.15) is 24.8 Å². The van der Waals surface area contributed by atoms with Gasteiger partial charge < -0.3 is 25.2 Å². The van der Waals surface area contributed by atoms with Crippen molar-refractivity contribution in [3.05, 3.63) is 48.0 Å². The Morgan fingerprint density at radius 1 is 1.15 bits per heavy atom. The number of aliphatic hydroxyl groups is 1. The maximum absolute atomic E-state index is 13.3. The second-order valence-corrected chi connectivity index (χ2v) is 14.2. The van der Waals surface area contributed by atoms with Gasteiger partial charge in [-0.1, -0.05) is 6.07 Å². The number of hydrogen-bond donors (Lipinski definition) is 4. The highest BCUT2D eigenvalue weighted by Crippen LogP contribution is 2.38. The third-order valence-corrected chi connectivity index (χ3v) is 11.0. The third kappa shape index (κ3) is 6.17. The minimum atomic E-state index is -3.68. The Morgan fingerprint density at radius 3 is 2.67 bits per heavy atom. The van der Waals surface area contributed by atoms with Gasteiger partial charge in [0.1, 0.15) is 18.5 Å². The van der Waals surface area contributed by atoms with E-state index in [9.17, 15) is 26.7 Å². The fraction of sp³-hybridized carbons (Fsp3) is 0.500. The number of piperidine rings is 1. The SMILES string of the molecule is CNS(=O)(=O)c1cccc(OC[C@@H](O)CNC2COC3(CCN(S(=O)(=O)c4ccc5c(c4)CC(=O)N5)CC3)C2)c1. The number of amides is 1. The molecule has 2 atom stereocenters. The minimum absolute atomic E-state index is 0.00338. The fourth-order valence-corrected chi connectivity index (χ4v) is 7.63. The van der Waals surface area contributed by atoms with Crippen LogP contribution in [-0.2, 0) is 36.0 Å². The normalized spacial score (nSPS) is 21.8. The molecule has 2 aromatic rings. The van der Waals surface area contributed by atoms with Gasteiger partial charge >= 0.3 is 0 Å². The molecule has 40 heavy (non-hydrogen) atoms. The average molecular weight is 595 g/mol. The fourth-order valence-electron chi connectivity index (χ4n) is 5.38. The summed E-state index contributed by atoms with van der Waals surface area (Å²) in [5.74, 6) is 0.198. The Bertz CT molecular complexity index is 1470. The van der Waals surface area contributed by atoms with Gasteiger partial charge in [0.05, 0.1) is 28.4 Å². The molecule has 1 unspecified atom stereocenters. The first-order valence-corrected chi connectivity index (χ1v) is 16.1. The quantitative estimate of drug-likeness (QED) is 0.306. The molecule has 0 aromatic heterocycles. The number of rotatable bonds is 10. The monoisotopic (exact) mass is 594 g/mol. The lowest BCUT2D eigenvalue weighted by Gasteiger charge is -2.38. The number of fused-ring (bicyclic) bond motifs is 1. The smallest absolute Gasteiger partial charge is 0.243 e. The lowest BCUT2D eigenvalue weighted by molar-refractivity contribution is -0.115. The van der Waals surface area contributed by atoms with Crippen LogP contribution in [0.4, 0.5) is 5.69 Å². The van der Waals surface area contributed by atoms with Crippen LogP contribution in [0.25, 0.3) is 0 Å². The number of carbonyl (C=O) groups is 1. The zero-order valence-electron chi connectivity index (χ0n) is 22.1. The van der Waals surface area contributed by atoms with Gasteiger partial charge in [0.2, 0.25) is 26.0 Å². The maximum atomic E-state index is 13.3. The van der Waals surface area contributed by atoms with Crippen molar-refractivity contribution in [1.29, 1.82) is 0 Å². The van der Waals surface area contributed by atoms with Crippen LogP contribution in [0, 0.1) is 0 Å². The largest absolute Gasteiger partial charge is 0.491 e. The zero-order chi connectivity index (χ0) is 28.5. The molecule has 0 aliphatic carbocycles. The summed E-state index contributed by atoms with van der Waals surface area (Å²) in [4.78, 5) is 11.9. The van der Waals surface area contributed by atoms with Gasteiger partial charge in [-0.15, -0.1) is 0 Å². The van der Waals surface area contributed by atoms with E-state index in [0.29, 0.717) is 56.0 Å². The minimum Gasteiger partial charge on any atom is -0.491 e. The first kappa shape index (κ1) is 28.9. The number of aliphatic hydroxyl groups excluding tert-OH is 1. The number of sulfonamides is 2. The summed E-state index contributed by atoms with van der Waals surface area (Å²) in [6, 6.07) is 10.8. The van der Waals surface area contributed by atoms with Crippen molar-refractivity contribution in [2.45, 2.75) is 53.2 Å². The van der Waals surface area contributed by atoms with Gasteiger partial charge in [0, 0.05) is 37.4 Å². The van der Waals surface area contributed by atoms with E-state index in [1.165, 1.54) is 29.6 Å². The summed E-state index contributed by atoms with van der Waals surface area (Å²) in [7, 11) is -5.95. The topological polar surface area (TPSA) is 163 Å². The molecular formula is C26H34N4O8S2. The highest BCUT2D eigenvalue weighted by molar-refractivity contribution is 7.89. The molecular weight excluding hydrogens is 560 g/mol. The summed E-state index contributed by atoms with van der Waals surface area (Å²) >= 11 is 0. The lowest BCUT2D eigenvalue weighted by atomic mass is 9.88. The van der Waals surface area contributed by atoms with Crippen molar-refractivity contribution in [1.82, 2.24) is 14.3 Å². The first-order chi connectivity index (χ1) is 19.0. The van der Waals surface area contributed by atoms with Crippen LogP contribution in [0.3, 0.4) is 0 Å². The highest BCUT2D eigenvalue weighted by atomic mass is 32.2. The van der Waals surface area contributed by atoms with Crippen molar-refractivity contribution in [3.63, 3.8) is 0 Å². The molecule has 3 heterocycles. The van der Waals surface area contributed by atoms with Crippen LogP contribution in [0.2, 0.25) is 0 Å². The molecule has 12 nitrogen and oxygen atoms in total. The highest BCUT2D eigenvalue weighted by Gasteiger charge is 2.44. The second kappa shape index (κ2) is 11.4. The molecule has 1 amide bonds. The predicted molar refractivity (Wildman–Crippen MR) is 146 cm³/mol. The Balaban J connectivity index is 1.08. The van der Waals surface area contributed by atoms with Gasteiger partial charge in [-0.05, 0) is 62.2 Å². The number of benzene rings is 2. The molecule has 0 saturated carbocycles. The zero-order valence-corrected chi connectivity index (χ0v) is 23.8. The van der Waals surface area contributed by atoms with Gasteiger partial charge in [-0.3, -0.25) is 4.79 Å². The molecule has 1 spiro atoms. The molecule has 0 bridgehead atoms. The molecule has 218 valence electrons. The van der Waals surface area contributed by atoms with Gasteiger partial charge in [0.25, 0.3) is 0 Å². The van der Waals surface area contributed by atoms with Gasteiger partial charge in [0.15, 0.2) is 0 Å². The molecule has 5 rings (SSSR count). The summed E-state index contributed by atoms with van der Waals surface area (Å²) < 4.78 is 65.9. The van der Waals surface area contributed by atoms with Crippen molar-refractivity contribution in [2.75, 3.05) is 45.2 Å². The van der Waals surface area contributed by atoms with Crippen LogP contribution in [0.15, 0.2) is 52.3 Å². The molecule has 2 aromatic carbocycles. The van der Waals surface area contributed by atoms with Gasteiger partial charge in [-0.2, -0.15) is 4.31 Å². The van der Waals surface area contributed by atoms with E-state index in [0.717, 1.165) is 0 Å². The predicted octanol–water partition coefficient (Wildman–Crippen LogP) is 0.431. The standard InChI is InChI=1S/C26H34N4O8S2/c1-27-39(33,34)22-4-2-3-21(13-22)37-17-20(31)15-28-19-14-26(38-16-19)7-9-30(10-8-26)40(35,36)23-5-6-24-18(11-23)12-25(32)29-24/h2-6,11,13,19-20,27-28,31H,7-10,12,14-17H2,1H3,(H,29,32)/t19?,20-/m0/s1. The third-order valence-electron chi connectivity index (χ3n) is 7.65. The Morgan fingerprint density at radius 2 is 1.93 bits per heavy atom. The number of nitrogens with one attached hydrogen (secondary N) is 3. The van der Waals surface area contributed by atoms with E-state index in [1.807, 2.05) is 0 Å². The molecule has 14 heteroatoms. The number of carbonyl (C=O) groups excluding carboxylic acids is 1. The molecule has 0 radical (unpaired) electrons. The lowest BCUT2D eigenvalue weighted by Crippen LogP contribution is -2.47. The first-order valence-electron chi connectivity index (χ1n) is 13.1. The van der Waals surface area contributed by atoms with E-state index >= 15 is 0 Å². The number of ether oxygens (including phenoxy) is 2. The van der Waals surface area contributed by atoms with E-state index < -0.39 is 31.8 Å².